The standard InChI is InChI=1S/C40H36F4N5O6P/c1-26-13-17-30(18-14-26)40(29-11-7-4-8-12-29,31-19-15-27(2)16-20-31)52-22-33-32(55-56(44,51)53-23-39(41,42)43)21-34(54-33)49-25-47-35-36(45-24-46-37(35)49)48-38(50)28-9-5-3-6-10-28/h3-20,24-25,32-34H,21-23H2,1-2H3,(H,45,46,48,50)/t32-,33+,34+,56?/m0/s1. The highest BCUT2D eigenvalue weighted by atomic mass is 31.2. The van der Waals surface area contributed by atoms with Gasteiger partial charge in [0.15, 0.2) is 23.6 Å². The Hall–Kier alpha value is -5.31. The van der Waals surface area contributed by atoms with E-state index in [-0.39, 0.29) is 30.0 Å². The lowest BCUT2D eigenvalue weighted by molar-refractivity contribution is -0.157. The Morgan fingerprint density at radius 3 is 2.05 bits per heavy atom. The fourth-order valence-electron chi connectivity index (χ4n) is 6.60. The summed E-state index contributed by atoms with van der Waals surface area (Å²) in [7, 11) is -5.78. The third kappa shape index (κ3) is 8.57. The third-order valence-corrected chi connectivity index (χ3v) is 10.3. The molecule has 1 N–H and O–H groups in total. The van der Waals surface area contributed by atoms with Gasteiger partial charge in [0.05, 0.1) is 12.9 Å². The van der Waals surface area contributed by atoms with Crippen molar-refractivity contribution in [1.82, 2.24) is 19.5 Å². The fourth-order valence-corrected chi connectivity index (χ4v) is 7.51. The van der Waals surface area contributed by atoms with Crippen molar-refractivity contribution < 1.29 is 45.2 Å². The lowest BCUT2D eigenvalue weighted by atomic mass is 9.79. The summed E-state index contributed by atoms with van der Waals surface area (Å²) >= 11 is 0. The first kappa shape index (κ1) is 38.9. The molecule has 3 heterocycles. The topological polar surface area (TPSA) is 127 Å². The van der Waals surface area contributed by atoms with Crippen molar-refractivity contribution in [2.75, 3.05) is 18.5 Å². The zero-order valence-electron chi connectivity index (χ0n) is 30.1. The van der Waals surface area contributed by atoms with E-state index in [9.17, 15) is 22.5 Å². The molecule has 1 aliphatic heterocycles. The first-order valence-corrected chi connectivity index (χ1v) is 19.0. The minimum atomic E-state index is -5.78. The number of nitrogens with zero attached hydrogens (tertiary/aromatic N) is 4. The number of halogens is 4. The van der Waals surface area contributed by atoms with Crippen LogP contribution in [0.4, 0.5) is 23.2 Å². The number of carbonyl (C=O) groups is 1. The SMILES string of the molecule is Cc1ccc(C(OC[C@H]2O[C@@H](n3cnc4c(NC(=O)c5ccccc5)ncnc43)C[C@@H]2OP(=O)(F)OCC(F)(F)F)(c2ccccc2)c2ccc(C)cc2)cc1. The highest BCUT2D eigenvalue weighted by molar-refractivity contribution is 7.48. The van der Waals surface area contributed by atoms with Crippen molar-refractivity contribution in [3.63, 3.8) is 0 Å². The summed E-state index contributed by atoms with van der Waals surface area (Å²) < 4.78 is 91.2. The number of imidazole rings is 1. The van der Waals surface area contributed by atoms with Gasteiger partial charge in [0.2, 0.25) is 0 Å². The van der Waals surface area contributed by atoms with Gasteiger partial charge in [-0.05, 0) is 42.7 Å². The average molecular weight is 790 g/mol. The number of alkyl halides is 3. The Balaban J connectivity index is 1.24. The summed E-state index contributed by atoms with van der Waals surface area (Å²) in [5.74, 6) is -0.338. The number of hydrogen-bond donors (Lipinski definition) is 1. The number of aromatic nitrogens is 4. The summed E-state index contributed by atoms with van der Waals surface area (Å²) in [5.41, 5.74) is 3.76. The van der Waals surface area contributed by atoms with Crippen LogP contribution in [0.1, 0.15) is 50.8 Å². The molecule has 0 radical (unpaired) electrons. The number of benzene rings is 4. The number of amides is 1. The monoisotopic (exact) mass is 789 g/mol. The van der Waals surface area contributed by atoms with Gasteiger partial charge >= 0.3 is 14.1 Å². The lowest BCUT2D eigenvalue weighted by Gasteiger charge is -2.37. The molecule has 1 fully saturated rings. The van der Waals surface area contributed by atoms with E-state index in [2.05, 4.69) is 24.8 Å². The van der Waals surface area contributed by atoms with Crippen molar-refractivity contribution in [1.29, 1.82) is 0 Å². The van der Waals surface area contributed by atoms with E-state index in [0.29, 0.717) is 5.56 Å². The second-order valence-corrected chi connectivity index (χ2v) is 14.6. The lowest BCUT2D eigenvalue weighted by Crippen LogP contribution is -2.38. The molecular formula is C40H36F4N5O6P. The van der Waals surface area contributed by atoms with E-state index in [1.54, 1.807) is 30.3 Å². The van der Waals surface area contributed by atoms with Gasteiger partial charge < -0.3 is 14.8 Å². The summed E-state index contributed by atoms with van der Waals surface area (Å²) in [6.45, 7) is 1.46. The van der Waals surface area contributed by atoms with Crippen LogP contribution < -0.4 is 5.32 Å². The molecular weight excluding hydrogens is 753 g/mol. The van der Waals surface area contributed by atoms with Crippen LogP contribution >= 0.6 is 7.91 Å². The Kier molecular flexibility index (Phi) is 11.2. The Labute approximate surface area is 319 Å². The highest BCUT2D eigenvalue weighted by Gasteiger charge is 2.47. The Morgan fingerprint density at radius 2 is 1.45 bits per heavy atom. The molecule has 1 unspecified atom stereocenters. The zero-order valence-corrected chi connectivity index (χ0v) is 31.0. The molecule has 16 heteroatoms. The van der Waals surface area contributed by atoms with Crippen LogP contribution in [0.25, 0.3) is 11.2 Å². The third-order valence-electron chi connectivity index (χ3n) is 9.32. The van der Waals surface area contributed by atoms with Gasteiger partial charge in [-0.15, -0.1) is 4.20 Å². The van der Waals surface area contributed by atoms with Crippen molar-refractivity contribution in [2.24, 2.45) is 0 Å². The molecule has 290 valence electrons. The van der Waals surface area contributed by atoms with Crippen LogP contribution in [-0.2, 0) is 28.7 Å². The predicted octanol–water partition coefficient (Wildman–Crippen LogP) is 9.03. The first-order valence-electron chi connectivity index (χ1n) is 17.5. The van der Waals surface area contributed by atoms with E-state index < -0.39 is 50.6 Å². The Morgan fingerprint density at radius 1 is 0.857 bits per heavy atom. The van der Waals surface area contributed by atoms with Gasteiger partial charge in [-0.2, -0.15) is 13.2 Å². The molecule has 7 rings (SSSR count). The van der Waals surface area contributed by atoms with Crippen LogP contribution in [0.5, 0.6) is 0 Å². The number of nitrogens with one attached hydrogen (secondary N) is 1. The number of aryl methyl sites for hydroxylation is 2. The fraction of sp³-hybridized carbons (Fsp3) is 0.250. The molecule has 0 aliphatic carbocycles. The van der Waals surface area contributed by atoms with Gasteiger partial charge in [-0.1, -0.05) is 108 Å². The molecule has 4 atom stereocenters. The predicted molar refractivity (Wildman–Crippen MR) is 198 cm³/mol. The van der Waals surface area contributed by atoms with Crippen molar-refractivity contribution in [2.45, 2.75) is 50.5 Å². The maximum atomic E-state index is 15.3. The van der Waals surface area contributed by atoms with Crippen LogP contribution in [0.15, 0.2) is 122 Å². The molecule has 0 spiro atoms. The number of fused-ring (bicyclic) bond motifs is 1. The molecule has 0 bridgehead atoms. The van der Waals surface area contributed by atoms with Gasteiger partial charge in [-0.3, -0.25) is 18.4 Å². The molecule has 1 saturated heterocycles. The molecule has 2 aromatic heterocycles. The van der Waals surface area contributed by atoms with Gasteiger partial charge in [0.1, 0.15) is 30.4 Å². The van der Waals surface area contributed by atoms with E-state index >= 15 is 4.20 Å². The van der Waals surface area contributed by atoms with Gasteiger partial charge in [-0.25, -0.2) is 19.5 Å². The molecule has 1 aliphatic rings. The van der Waals surface area contributed by atoms with Crippen LogP contribution in [-0.4, -0.2) is 57.0 Å². The van der Waals surface area contributed by atoms with E-state index in [4.69, 9.17) is 14.0 Å². The van der Waals surface area contributed by atoms with Gasteiger partial charge in [0.25, 0.3) is 5.91 Å². The van der Waals surface area contributed by atoms with Crippen molar-refractivity contribution in [3.8, 4) is 0 Å². The van der Waals surface area contributed by atoms with Crippen molar-refractivity contribution >= 4 is 30.8 Å². The first-order chi connectivity index (χ1) is 26.8. The highest BCUT2D eigenvalue weighted by Crippen LogP contribution is 2.54. The normalized spacial score (nSPS) is 18.5. The quantitative estimate of drug-likeness (QED) is 0.0693. The molecule has 4 aromatic carbocycles. The summed E-state index contributed by atoms with van der Waals surface area (Å²) in [4.78, 5) is 25.9. The molecule has 56 heavy (non-hydrogen) atoms. The van der Waals surface area contributed by atoms with Gasteiger partial charge in [0, 0.05) is 12.0 Å². The summed E-state index contributed by atoms with van der Waals surface area (Å²) in [6.07, 6.45) is -6.31. The maximum absolute atomic E-state index is 15.3. The number of ether oxygens (including phenoxy) is 2. The molecule has 1 amide bonds. The van der Waals surface area contributed by atoms with Crippen LogP contribution in [0, 0.1) is 13.8 Å². The average Bonchev–Trinajstić information content (AvgIpc) is 3.80. The molecule has 0 saturated carbocycles. The molecule has 6 aromatic rings. The number of hydrogen-bond acceptors (Lipinski definition) is 9. The maximum Gasteiger partial charge on any atom is 0.513 e. The van der Waals surface area contributed by atoms with E-state index in [0.717, 1.165) is 27.8 Å². The zero-order chi connectivity index (χ0) is 39.5. The summed E-state index contributed by atoms with van der Waals surface area (Å²) in [6, 6.07) is 33.4. The number of anilines is 1. The smallest absolute Gasteiger partial charge is 0.358 e. The van der Waals surface area contributed by atoms with Crippen LogP contribution in [0.3, 0.4) is 0 Å². The van der Waals surface area contributed by atoms with Crippen molar-refractivity contribution in [3.05, 3.63) is 155 Å². The minimum absolute atomic E-state index is 0.103. The number of carbonyl (C=O) groups excluding carboxylic acids is 1. The minimum Gasteiger partial charge on any atom is -0.358 e. The van der Waals surface area contributed by atoms with E-state index in [1.807, 2.05) is 92.7 Å². The number of rotatable bonds is 13. The Bertz CT molecular complexity index is 2280. The molecule has 11 nitrogen and oxygen atoms in total. The largest absolute Gasteiger partial charge is 0.513 e. The van der Waals surface area contributed by atoms with Crippen LogP contribution in [0.2, 0.25) is 0 Å². The second-order valence-electron chi connectivity index (χ2n) is 13.3. The van der Waals surface area contributed by atoms with E-state index in [1.165, 1.54) is 17.2 Å². The second kappa shape index (κ2) is 16.0. The summed E-state index contributed by atoms with van der Waals surface area (Å²) in [5, 5.41) is 2.72.